The van der Waals surface area contributed by atoms with Gasteiger partial charge in [0.1, 0.15) is 17.7 Å². The Morgan fingerprint density at radius 1 is 1.48 bits per heavy atom. The number of amides is 1. The van der Waals surface area contributed by atoms with Crippen LogP contribution in [0.25, 0.3) is 0 Å². The summed E-state index contributed by atoms with van der Waals surface area (Å²) in [4.78, 5) is 35.8. The van der Waals surface area contributed by atoms with Crippen molar-refractivity contribution in [2.45, 2.75) is 18.0 Å². The van der Waals surface area contributed by atoms with Crippen LogP contribution in [0.1, 0.15) is 6.92 Å². The summed E-state index contributed by atoms with van der Waals surface area (Å²) in [6.45, 7) is 1.44. The summed E-state index contributed by atoms with van der Waals surface area (Å²) in [5.41, 5.74) is 4.56. The number of thioether (sulfide) groups is 1. The minimum Gasteiger partial charge on any atom is -0.477 e. The highest BCUT2D eigenvalue weighted by Gasteiger charge is 2.64. The number of rotatable bonds is 7. The van der Waals surface area contributed by atoms with E-state index in [-0.39, 0.29) is 31.3 Å². The third-order valence-electron chi connectivity index (χ3n) is 3.43. The Morgan fingerprint density at radius 3 is 2.74 bits per heavy atom. The number of methoxy groups -OCH3 is 1. The van der Waals surface area contributed by atoms with E-state index in [1.165, 1.54) is 25.8 Å². The molecule has 10 heteroatoms. The summed E-state index contributed by atoms with van der Waals surface area (Å²) in [6, 6.07) is 0. The van der Waals surface area contributed by atoms with Gasteiger partial charge in [0.05, 0.1) is 13.2 Å². The van der Waals surface area contributed by atoms with Gasteiger partial charge in [-0.25, -0.2) is 4.79 Å². The smallest absolute Gasteiger partial charge is 0.352 e. The van der Waals surface area contributed by atoms with Crippen molar-refractivity contribution in [3.63, 3.8) is 0 Å². The minimum atomic E-state index is -1.57. The second-order valence-electron chi connectivity index (χ2n) is 5.01. The fourth-order valence-corrected chi connectivity index (χ4v) is 3.69. The number of hydrogen-bond donors (Lipinski definition) is 2. The molecule has 1 amide bonds. The van der Waals surface area contributed by atoms with Gasteiger partial charge in [-0.3, -0.25) is 20.2 Å². The predicted octanol–water partition coefficient (Wildman–Crippen LogP) is -0.879. The number of esters is 1. The molecule has 2 aliphatic rings. The zero-order chi connectivity index (χ0) is 17.2. The Morgan fingerprint density at radius 2 is 2.17 bits per heavy atom. The van der Waals surface area contributed by atoms with Crippen molar-refractivity contribution in [2.24, 2.45) is 5.73 Å². The van der Waals surface area contributed by atoms with Crippen LogP contribution in [0.15, 0.2) is 11.3 Å². The number of aliphatic carboxylic acids is 1. The molecule has 2 rings (SSSR count). The summed E-state index contributed by atoms with van der Waals surface area (Å²) < 4.78 is 15.1. The van der Waals surface area contributed by atoms with Gasteiger partial charge in [0.15, 0.2) is 0 Å². The zero-order valence-electron chi connectivity index (χ0n) is 12.7. The van der Waals surface area contributed by atoms with Crippen molar-refractivity contribution in [1.82, 2.24) is 4.90 Å². The Kier molecular flexibility index (Phi) is 5.30. The highest BCUT2D eigenvalue weighted by atomic mass is 32.2. The number of carbonyl (C=O) groups excluding carboxylic acids is 2. The van der Waals surface area contributed by atoms with Crippen molar-refractivity contribution in [1.29, 1.82) is 0 Å². The van der Waals surface area contributed by atoms with Crippen molar-refractivity contribution in [3.05, 3.63) is 11.3 Å². The second kappa shape index (κ2) is 6.87. The molecule has 0 bridgehead atoms. The van der Waals surface area contributed by atoms with Crippen LogP contribution in [-0.4, -0.2) is 71.6 Å². The molecule has 1 fully saturated rings. The van der Waals surface area contributed by atoms with Crippen LogP contribution in [0.4, 0.5) is 0 Å². The zero-order valence-corrected chi connectivity index (χ0v) is 13.6. The molecule has 9 nitrogen and oxygen atoms in total. The number of carbonyl (C=O) groups is 3. The molecule has 3 N–H and O–H groups in total. The minimum absolute atomic E-state index is 0.121. The van der Waals surface area contributed by atoms with E-state index in [4.69, 9.17) is 19.9 Å². The van der Waals surface area contributed by atoms with Gasteiger partial charge >= 0.3 is 11.9 Å². The largest absolute Gasteiger partial charge is 0.477 e. The maximum Gasteiger partial charge on any atom is 0.352 e. The number of fused-ring (bicyclic) bond motifs is 1. The molecule has 1 saturated heterocycles. The van der Waals surface area contributed by atoms with Gasteiger partial charge in [-0.2, -0.15) is 0 Å². The molecule has 0 aromatic carbocycles. The first kappa shape index (κ1) is 17.7. The number of carboxylic acids is 1. The first-order valence-corrected chi connectivity index (χ1v) is 7.83. The van der Waals surface area contributed by atoms with E-state index < -0.39 is 28.9 Å². The molecule has 0 aromatic heterocycles. The number of carboxylic acid groups (broad SMARTS) is 1. The summed E-state index contributed by atoms with van der Waals surface area (Å²) in [5.74, 6) is -2.16. The average molecular weight is 346 g/mol. The van der Waals surface area contributed by atoms with Crippen molar-refractivity contribution in [2.75, 3.05) is 32.7 Å². The molecule has 0 aliphatic carbocycles. The summed E-state index contributed by atoms with van der Waals surface area (Å²) in [6.07, 6.45) is 0. The molecule has 0 aromatic rings. The van der Waals surface area contributed by atoms with Gasteiger partial charge in [0, 0.05) is 25.4 Å². The van der Waals surface area contributed by atoms with E-state index in [0.29, 0.717) is 5.57 Å². The third kappa shape index (κ3) is 3.20. The van der Waals surface area contributed by atoms with Crippen molar-refractivity contribution >= 4 is 29.6 Å². The van der Waals surface area contributed by atoms with Crippen LogP contribution in [0.2, 0.25) is 0 Å². The lowest BCUT2D eigenvalue weighted by Crippen LogP contribution is -2.79. The van der Waals surface area contributed by atoms with Gasteiger partial charge in [-0.05, 0) is 0 Å². The summed E-state index contributed by atoms with van der Waals surface area (Å²) in [7, 11) is 1.49. The molecule has 0 radical (unpaired) electrons. The van der Waals surface area contributed by atoms with E-state index in [2.05, 4.69) is 0 Å². The first-order valence-electron chi connectivity index (χ1n) is 6.78. The molecule has 2 atom stereocenters. The fraction of sp³-hybridized carbons (Fsp3) is 0.615. The van der Waals surface area contributed by atoms with Crippen LogP contribution in [0, 0.1) is 0 Å². The highest BCUT2D eigenvalue weighted by molar-refractivity contribution is 8.00. The molecule has 2 heterocycles. The monoisotopic (exact) mass is 346 g/mol. The lowest BCUT2D eigenvalue weighted by molar-refractivity contribution is -0.190. The van der Waals surface area contributed by atoms with E-state index in [1.807, 2.05) is 0 Å². The van der Waals surface area contributed by atoms with E-state index in [1.54, 1.807) is 0 Å². The molecule has 2 aliphatic heterocycles. The van der Waals surface area contributed by atoms with E-state index >= 15 is 0 Å². The Balaban J connectivity index is 2.19. The van der Waals surface area contributed by atoms with Crippen molar-refractivity contribution in [3.8, 4) is 0 Å². The van der Waals surface area contributed by atoms with Gasteiger partial charge in [0.25, 0.3) is 5.91 Å². The Labute approximate surface area is 136 Å². The van der Waals surface area contributed by atoms with Crippen LogP contribution >= 0.6 is 11.8 Å². The molecule has 128 valence electrons. The molecule has 0 spiro atoms. The molecule has 23 heavy (non-hydrogen) atoms. The lowest BCUT2D eigenvalue weighted by Gasteiger charge is -2.54. The number of nitrogens with zero attached hydrogens (tertiary/aromatic N) is 1. The average Bonchev–Trinajstić information content (AvgIpc) is 2.51. The van der Waals surface area contributed by atoms with Crippen LogP contribution in [0.5, 0.6) is 0 Å². The number of hydrogen-bond acceptors (Lipinski definition) is 8. The quantitative estimate of drug-likeness (QED) is 0.261. The molecule has 0 saturated carbocycles. The van der Waals surface area contributed by atoms with E-state index in [9.17, 15) is 19.5 Å². The van der Waals surface area contributed by atoms with Gasteiger partial charge in [-0.15, -0.1) is 11.8 Å². The normalized spacial score (nSPS) is 26.7. The summed E-state index contributed by atoms with van der Waals surface area (Å²) >= 11 is 1.26. The first-order chi connectivity index (χ1) is 10.8. The van der Waals surface area contributed by atoms with Gasteiger partial charge in [-0.1, -0.05) is 0 Å². The Hall–Kier alpha value is -1.62. The van der Waals surface area contributed by atoms with Gasteiger partial charge in [0.2, 0.25) is 5.72 Å². The molecule has 1 unspecified atom stereocenters. The second-order valence-corrected chi connectivity index (χ2v) is 6.08. The maximum atomic E-state index is 12.3. The maximum absolute atomic E-state index is 12.3. The highest BCUT2D eigenvalue weighted by Crippen LogP contribution is 2.45. The molecular formula is C13H18N2O7S. The number of ether oxygens (including phenoxy) is 3. The topological polar surface area (TPSA) is 128 Å². The van der Waals surface area contributed by atoms with Crippen LogP contribution in [-0.2, 0) is 28.6 Å². The summed E-state index contributed by atoms with van der Waals surface area (Å²) in [5, 5.41) is 8.76. The predicted molar refractivity (Wildman–Crippen MR) is 79.1 cm³/mol. The molecular weight excluding hydrogens is 328 g/mol. The van der Waals surface area contributed by atoms with Crippen LogP contribution in [0.3, 0.4) is 0 Å². The SMILES string of the molecule is COCCOC1(N)C(=O)N2C(C(=O)O)=C(COC(C)=O)CS[C@@H]21. The fourth-order valence-electron chi connectivity index (χ4n) is 2.34. The van der Waals surface area contributed by atoms with E-state index in [0.717, 1.165) is 4.90 Å². The van der Waals surface area contributed by atoms with Gasteiger partial charge < -0.3 is 19.3 Å². The third-order valence-corrected chi connectivity index (χ3v) is 4.82. The Bertz CT molecular complexity index is 565. The van der Waals surface area contributed by atoms with Crippen molar-refractivity contribution < 1.29 is 33.7 Å². The number of nitrogens with two attached hydrogens (primary N) is 1. The lowest BCUT2D eigenvalue weighted by atomic mass is 9.99. The standard InChI is InChI=1S/C13H18N2O7S/c1-7(16)21-5-8-6-23-12-13(14,22-4-3-20-2)11(19)15(12)9(8)10(17)18/h12H,3-6,14H2,1-2H3,(H,17,18)/t12-,13?/m1/s1. The number of β-lactam (4-membered cyclic amide) rings is 1. The van der Waals surface area contributed by atoms with Crippen LogP contribution < -0.4 is 5.73 Å².